The van der Waals surface area contributed by atoms with Crippen LogP contribution in [0.3, 0.4) is 0 Å². The molecule has 0 aliphatic rings. The largest absolute Gasteiger partial charge is 0.388 e. The van der Waals surface area contributed by atoms with E-state index < -0.39 is 29.3 Å². The summed E-state index contributed by atoms with van der Waals surface area (Å²) in [7, 11) is -4.86. The Kier molecular flexibility index (Phi) is 6.98. The number of rotatable bonds is 8. The quantitative estimate of drug-likeness (QED) is 0.520. The fourth-order valence-corrected chi connectivity index (χ4v) is 5.18. The second kappa shape index (κ2) is 8.80. The molecule has 0 radical (unpaired) electrons. The molecule has 0 spiro atoms. The van der Waals surface area contributed by atoms with Gasteiger partial charge >= 0.3 is 0 Å². The third kappa shape index (κ3) is 5.94. The summed E-state index contributed by atoms with van der Waals surface area (Å²) in [6, 6.07) is 18.6. The summed E-state index contributed by atoms with van der Waals surface area (Å²) in [6.07, 6.45) is 3.07. The van der Waals surface area contributed by atoms with Gasteiger partial charge in [-0.25, -0.2) is 8.42 Å². The van der Waals surface area contributed by atoms with Crippen molar-refractivity contribution in [3.63, 3.8) is 0 Å². The lowest BCUT2D eigenvalue weighted by atomic mass is 10.0. The maximum Gasteiger partial charge on any atom is 0.184 e. The highest BCUT2D eigenvalue weighted by Gasteiger charge is 2.28. The summed E-state index contributed by atoms with van der Waals surface area (Å²) in [4.78, 5) is 0.294. The molecule has 0 saturated carbocycles. The van der Waals surface area contributed by atoms with Crippen molar-refractivity contribution >= 4 is 17.9 Å². The van der Waals surface area contributed by atoms with Crippen molar-refractivity contribution < 1.29 is 13.5 Å². The van der Waals surface area contributed by atoms with E-state index in [2.05, 4.69) is 19.6 Å². The van der Waals surface area contributed by atoms with Gasteiger partial charge in [-0.3, -0.25) is 0 Å². The van der Waals surface area contributed by atoms with Crippen LogP contribution in [0.4, 0.5) is 0 Å². The summed E-state index contributed by atoms with van der Waals surface area (Å²) in [5, 5.41) is 9.82. The van der Waals surface area contributed by atoms with E-state index in [1.165, 1.54) is 0 Å². The van der Waals surface area contributed by atoms with Crippen LogP contribution in [0.25, 0.3) is 0 Å². The Labute approximate surface area is 158 Å². The van der Waals surface area contributed by atoms with Crippen molar-refractivity contribution in [3.8, 4) is 0 Å². The molecule has 2 aromatic carbocycles. The summed E-state index contributed by atoms with van der Waals surface area (Å²) < 4.78 is 26.2. The molecule has 5 heteroatoms. The zero-order chi connectivity index (χ0) is 19.2. The molecule has 140 valence electrons. The fraction of sp³-hybridized carbons (Fsp3) is 0.333. The average Bonchev–Trinajstić information content (AvgIpc) is 2.61. The van der Waals surface area contributed by atoms with Gasteiger partial charge in [-0.05, 0) is 30.2 Å². The molecule has 0 heterocycles. The maximum absolute atomic E-state index is 13.1. The highest BCUT2D eigenvalue weighted by atomic mass is 32.2. The van der Waals surface area contributed by atoms with Gasteiger partial charge in [0.1, 0.15) is 0 Å². The van der Waals surface area contributed by atoms with E-state index in [9.17, 15) is 13.5 Å². The van der Waals surface area contributed by atoms with Gasteiger partial charge in [-0.1, -0.05) is 80.3 Å². The molecule has 0 fully saturated rings. The van der Waals surface area contributed by atoms with Gasteiger partial charge in [0.15, 0.2) is 9.84 Å². The Morgan fingerprint density at radius 2 is 1.50 bits per heavy atom. The van der Waals surface area contributed by atoms with E-state index in [1.54, 1.807) is 36.4 Å². The summed E-state index contributed by atoms with van der Waals surface area (Å²) in [6.45, 7) is 6.74. The van der Waals surface area contributed by atoms with Crippen LogP contribution in [0.2, 0.25) is 25.7 Å². The van der Waals surface area contributed by atoms with Crippen molar-refractivity contribution in [1.82, 2.24) is 0 Å². The Morgan fingerprint density at radius 3 is 2.04 bits per heavy atom. The van der Waals surface area contributed by atoms with E-state index >= 15 is 0 Å². The van der Waals surface area contributed by atoms with E-state index in [4.69, 9.17) is 0 Å². The van der Waals surface area contributed by atoms with E-state index in [0.29, 0.717) is 4.90 Å². The van der Waals surface area contributed by atoms with Crippen molar-refractivity contribution in [2.24, 2.45) is 0 Å². The minimum atomic E-state index is -3.55. The van der Waals surface area contributed by atoms with Gasteiger partial charge in [0.2, 0.25) is 0 Å². The van der Waals surface area contributed by atoms with E-state index in [1.807, 2.05) is 36.4 Å². The molecule has 26 heavy (non-hydrogen) atoms. The smallest absolute Gasteiger partial charge is 0.184 e. The molecule has 3 nitrogen and oxygen atoms in total. The second-order valence-electron chi connectivity index (χ2n) is 7.75. The van der Waals surface area contributed by atoms with E-state index in [0.717, 1.165) is 11.6 Å². The topological polar surface area (TPSA) is 54.4 Å². The Bertz CT molecular complexity index is 809. The minimum absolute atomic E-state index is 0.142. The second-order valence-corrected chi connectivity index (χ2v) is 15.4. The number of allylic oxidation sites excluding steroid dienone is 1. The number of hydrogen-bond donors (Lipinski definition) is 1. The number of benzene rings is 2. The molecule has 0 saturated heterocycles. The standard InChI is InChI=1S/C21H28O3SSi/c1-26(2,3)16-10-15-20(17-21(22)18-11-6-4-7-12-18)25(23,24)19-13-8-5-9-14-19/h4-15,20-22H,16-17H2,1-3H3/b15-10+. The van der Waals surface area contributed by atoms with Crippen LogP contribution in [-0.2, 0) is 9.84 Å². The summed E-state index contributed by atoms with van der Waals surface area (Å²) in [5.74, 6) is 0. The van der Waals surface area contributed by atoms with Gasteiger partial charge < -0.3 is 5.11 Å². The molecule has 0 aliphatic heterocycles. The third-order valence-electron chi connectivity index (χ3n) is 4.19. The van der Waals surface area contributed by atoms with Crippen LogP contribution >= 0.6 is 0 Å². The van der Waals surface area contributed by atoms with Crippen LogP contribution in [0.1, 0.15) is 18.1 Å². The highest BCUT2D eigenvalue weighted by molar-refractivity contribution is 7.92. The number of aliphatic hydroxyl groups excluding tert-OH is 1. The minimum Gasteiger partial charge on any atom is -0.388 e. The monoisotopic (exact) mass is 388 g/mol. The molecule has 0 aliphatic carbocycles. The first-order chi connectivity index (χ1) is 12.2. The first-order valence-corrected chi connectivity index (χ1v) is 14.1. The molecule has 1 N–H and O–H groups in total. The SMILES string of the molecule is C[Si](C)(C)C/C=C/C(CC(O)c1ccccc1)S(=O)(=O)c1ccccc1. The Balaban J connectivity index is 2.30. The maximum atomic E-state index is 13.1. The number of aliphatic hydroxyl groups is 1. The van der Waals surface area contributed by atoms with Crippen molar-refractivity contribution in [3.05, 3.63) is 78.4 Å². The van der Waals surface area contributed by atoms with Gasteiger partial charge in [0.25, 0.3) is 0 Å². The first kappa shape index (κ1) is 20.6. The zero-order valence-corrected chi connectivity index (χ0v) is 17.5. The number of sulfone groups is 1. The fourth-order valence-electron chi connectivity index (χ4n) is 2.70. The predicted octanol–water partition coefficient (Wildman–Crippen LogP) is 4.85. The van der Waals surface area contributed by atoms with Gasteiger partial charge in [0, 0.05) is 8.07 Å². The molecule has 2 rings (SSSR count). The van der Waals surface area contributed by atoms with Crippen molar-refractivity contribution in [1.29, 1.82) is 0 Å². The first-order valence-electron chi connectivity index (χ1n) is 8.89. The van der Waals surface area contributed by atoms with Crippen LogP contribution in [0.15, 0.2) is 77.7 Å². The summed E-state index contributed by atoms with van der Waals surface area (Å²) in [5.41, 5.74) is 0.736. The molecule has 2 unspecified atom stereocenters. The van der Waals surface area contributed by atoms with Crippen LogP contribution in [0.5, 0.6) is 0 Å². The van der Waals surface area contributed by atoms with E-state index in [-0.39, 0.29) is 6.42 Å². The zero-order valence-electron chi connectivity index (χ0n) is 15.7. The molecule has 2 atom stereocenters. The van der Waals surface area contributed by atoms with Crippen molar-refractivity contribution in [2.75, 3.05) is 0 Å². The van der Waals surface area contributed by atoms with Gasteiger partial charge in [0.05, 0.1) is 16.2 Å². The predicted molar refractivity (Wildman–Crippen MR) is 111 cm³/mol. The van der Waals surface area contributed by atoms with Gasteiger partial charge in [-0.2, -0.15) is 0 Å². The van der Waals surface area contributed by atoms with Crippen LogP contribution in [0, 0.1) is 0 Å². The van der Waals surface area contributed by atoms with Crippen LogP contribution in [-0.4, -0.2) is 26.8 Å². The molecule has 0 aromatic heterocycles. The summed E-state index contributed by atoms with van der Waals surface area (Å²) >= 11 is 0. The van der Waals surface area contributed by atoms with Gasteiger partial charge in [-0.15, -0.1) is 0 Å². The lowest BCUT2D eigenvalue weighted by Crippen LogP contribution is -2.23. The highest BCUT2D eigenvalue weighted by Crippen LogP contribution is 2.27. The Morgan fingerprint density at radius 1 is 0.962 bits per heavy atom. The van der Waals surface area contributed by atoms with Crippen LogP contribution < -0.4 is 0 Å². The lowest BCUT2D eigenvalue weighted by molar-refractivity contribution is 0.169. The molecule has 0 bridgehead atoms. The normalized spacial score (nSPS) is 15.1. The molecular weight excluding hydrogens is 360 g/mol. The molecular formula is C21H28O3SSi. The average molecular weight is 389 g/mol. The Hall–Kier alpha value is -1.69. The van der Waals surface area contributed by atoms with Crippen molar-refractivity contribution in [2.45, 2.75) is 48.4 Å². The number of hydrogen-bond acceptors (Lipinski definition) is 3. The lowest BCUT2D eigenvalue weighted by Gasteiger charge is -2.19. The molecule has 0 amide bonds. The molecule has 2 aromatic rings. The third-order valence-corrected chi connectivity index (χ3v) is 7.73.